The molecule has 0 aromatic heterocycles. The van der Waals surface area contributed by atoms with E-state index in [4.69, 9.17) is 14.2 Å². The minimum absolute atomic E-state index is 0.0172. The molecule has 0 bridgehead atoms. The maximum absolute atomic E-state index is 12.4. The van der Waals surface area contributed by atoms with Gasteiger partial charge in [-0.3, -0.25) is 4.79 Å². The molecule has 3 rings (SSSR count). The number of carbonyl (C=O) groups excluding carboxylic acids is 1. The van der Waals surface area contributed by atoms with E-state index < -0.39 is 0 Å². The second-order valence-electron chi connectivity index (χ2n) is 6.19. The van der Waals surface area contributed by atoms with Crippen molar-refractivity contribution in [2.75, 3.05) is 51.9 Å². The molecule has 0 spiro atoms. The molecule has 0 atom stereocenters. The van der Waals surface area contributed by atoms with Gasteiger partial charge in [0.15, 0.2) is 6.61 Å². The number of aromatic hydroxyl groups is 1. The maximum atomic E-state index is 12.4. The van der Waals surface area contributed by atoms with Gasteiger partial charge >= 0.3 is 0 Å². The van der Waals surface area contributed by atoms with E-state index in [9.17, 15) is 9.90 Å². The quantitative estimate of drug-likeness (QED) is 0.838. The Kier molecular flexibility index (Phi) is 5.90. The van der Waals surface area contributed by atoms with E-state index in [2.05, 4.69) is 4.90 Å². The number of piperazine rings is 1. The number of phenolic OH excluding ortho intramolecular Hbond substituents is 1. The van der Waals surface area contributed by atoms with Crippen LogP contribution in [0.15, 0.2) is 42.5 Å². The Labute approximate surface area is 158 Å². The SMILES string of the molecule is COc1ccc(N2CCN(C(=O)COc3ccc(O)cc3)CC2)c(OC)c1. The van der Waals surface area contributed by atoms with E-state index >= 15 is 0 Å². The van der Waals surface area contributed by atoms with Gasteiger partial charge in [-0.2, -0.15) is 0 Å². The average molecular weight is 372 g/mol. The summed E-state index contributed by atoms with van der Waals surface area (Å²) in [6, 6.07) is 12.1. The molecule has 27 heavy (non-hydrogen) atoms. The van der Waals surface area contributed by atoms with Crippen LogP contribution < -0.4 is 19.1 Å². The molecule has 1 fully saturated rings. The molecular formula is C20H24N2O5. The number of amides is 1. The fourth-order valence-corrected chi connectivity index (χ4v) is 3.02. The van der Waals surface area contributed by atoms with Crippen molar-refractivity contribution in [1.29, 1.82) is 0 Å². The molecule has 1 heterocycles. The number of anilines is 1. The summed E-state index contributed by atoms with van der Waals surface area (Å²) < 4.78 is 16.2. The zero-order chi connectivity index (χ0) is 19.2. The highest BCUT2D eigenvalue weighted by Gasteiger charge is 2.23. The average Bonchev–Trinajstić information content (AvgIpc) is 2.72. The molecule has 1 aliphatic heterocycles. The van der Waals surface area contributed by atoms with Crippen LogP contribution in [0.2, 0.25) is 0 Å². The number of ether oxygens (including phenoxy) is 3. The van der Waals surface area contributed by atoms with E-state index in [1.54, 1.807) is 31.3 Å². The molecule has 1 saturated heterocycles. The lowest BCUT2D eigenvalue weighted by Crippen LogP contribution is -2.50. The second-order valence-corrected chi connectivity index (χ2v) is 6.19. The topological polar surface area (TPSA) is 71.5 Å². The van der Waals surface area contributed by atoms with Gasteiger partial charge in [0, 0.05) is 32.2 Å². The number of carbonyl (C=O) groups is 1. The first-order valence-electron chi connectivity index (χ1n) is 8.77. The summed E-state index contributed by atoms with van der Waals surface area (Å²) in [6.07, 6.45) is 0. The van der Waals surface area contributed by atoms with Gasteiger partial charge in [-0.05, 0) is 36.4 Å². The highest BCUT2D eigenvalue weighted by Crippen LogP contribution is 2.32. The molecule has 2 aromatic carbocycles. The molecule has 0 unspecified atom stereocenters. The third kappa shape index (κ3) is 4.55. The zero-order valence-corrected chi connectivity index (χ0v) is 15.6. The highest BCUT2D eigenvalue weighted by molar-refractivity contribution is 5.78. The fraction of sp³-hybridized carbons (Fsp3) is 0.350. The van der Waals surface area contributed by atoms with Crippen LogP contribution in [0, 0.1) is 0 Å². The van der Waals surface area contributed by atoms with Crippen LogP contribution in [-0.4, -0.2) is 62.9 Å². The van der Waals surface area contributed by atoms with Crippen LogP contribution >= 0.6 is 0 Å². The predicted molar refractivity (Wildman–Crippen MR) is 102 cm³/mol. The zero-order valence-electron chi connectivity index (χ0n) is 15.6. The third-order valence-electron chi connectivity index (χ3n) is 4.56. The van der Waals surface area contributed by atoms with E-state index in [0.717, 1.165) is 17.2 Å². The summed E-state index contributed by atoms with van der Waals surface area (Å²) in [7, 11) is 3.26. The fourth-order valence-electron chi connectivity index (χ4n) is 3.02. The first kappa shape index (κ1) is 18.7. The minimum atomic E-state index is -0.0515. The van der Waals surface area contributed by atoms with Crippen molar-refractivity contribution in [3.8, 4) is 23.0 Å². The van der Waals surface area contributed by atoms with Crippen LogP contribution in [0.4, 0.5) is 5.69 Å². The lowest BCUT2D eigenvalue weighted by Gasteiger charge is -2.36. The molecule has 2 aromatic rings. The van der Waals surface area contributed by atoms with Gasteiger partial charge in [0.25, 0.3) is 5.91 Å². The van der Waals surface area contributed by atoms with Crippen molar-refractivity contribution in [2.45, 2.75) is 0 Å². The van der Waals surface area contributed by atoms with Crippen molar-refractivity contribution in [2.24, 2.45) is 0 Å². The maximum Gasteiger partial charge on any atom is 0.260 e. The summed E-state index contributed by atoms with van der Waals surface area (Å²) in [6.45, 7) is 2.65. The van der Waals surface area contributed by atoms with Crippen molar-refractivity contribution >= 4 is 11.6 Å². The van der Waals surface area contributed by atoms with Crippen LogP contribution in [-0.2, 0) is 4.79 Å². The molecule has 1 aliphatic rings. The molecular weight excluding hydrogens is 348 g/mol. The monoisotopic (exact) mass is 372 g/mol. The molecule has 144 valence electrons. The summed E-state index contributed by atoms with van der Waals surface area (Å²) in [5.74, 6) is 2.17. The summed E-state index contributed by atoms with van der Waals surface area (Å²) in [5, 5.41) is 9.27. The second kappa shape index (κ2) is 8.53. The van der Waals surface area contributed by atoms with Gasteiger partial charge in [-0.25, -0.2) is 0 Å². The van der Waals surface area contributed by atoms with Crippen molar-refractivity contribution < 1.29 is 24.1 Å². The lowest BCUT2D eigenvalue weighted by atomic mass is 10.2. The number of nitrogens with zero attached hydrogens (tertiary/aromatic N) is 2. The van der Waals surface area contributed by atoms with Gasteiger partial charge in [-0.1, -0.05) is 0 Å². The molecule has 7 heteroatoms. The van der Waals surface area contributed by atoms with Gasteiger partial charge in [0.2, 0.25) is 0 Å². The summed E-state index contributed by atoms with van der Waals surface area (Å²) in [4.78, 5) is 16.4. The van der Waals surface area contributed by atoms with Crippen LogP contribution in [0.3, 0.4) is 0 Å². The minimum Gasteiger partial charge on any atom is -0.508 e. The first-order chi connectivity index (χ1) is 13.1. The van der Waals surface area contributed by atoms with Gasteiger partial charge < -0.3 is 29.1 Å². The van der Waals surface area contributed by atoms with Crippen molar-refractivity contribution in [3.05, 3.63) is 42.5 Å². The Morgan fingerprint density at radius 2 is 1.63 bits per heavy atom. The summed E-state index contributed by atoms with van der Waals surface area (Å²) >= 11 is 0. The van der Waals surface area contributed by atoms with E-state index in [1.165, 1.54) is 12.1 Å². The Morgan fingerprint density at radius 1 is 0.963 bits per heavy atom. The number of hydrogen-bond acceptors (Lipinski definition) is 6. The molecule has 7 nitrogen and oxygen atoms in total. The standard InChI is InChI=1S/C20H24N2O5/c1-25-17-7-8-18(19(13-17)26-2)21-9-11-22(12-10-21)20(24)14-27-16-5-3-15(23)4-6-16/h3-8,13,23H,9-12,14H2,1-2H3. The molecule has 0 aliphatic carbocycles. The van der Waals surface area contributed by atoms with Gasteiger partial charge in [0.05, 0.1) is 19.9 Å². The summed E-state index contributed by atoms with van der Waals surface area (Å²) in [5.41, 5.74) is 0.991. The highest BCUT2D eigenvalue weighted by atomic mass is 16.5. The number of rotatable bonds is 6. The Balaban J connectivity index is 1.54. The Hall–Kier alpha value is -3.09. The van der Waals surface area contributed by atoms with Crippen molar-refractivity contribution in [3.63, 3.8) is 0 Å². The number of hydrogen-bond donors (Lipinski definition) is 1. The largest absolute Gasteiger partial charge is 0.508 e. The lowest BCUT2D eigenvalue weighted by molar-refractivity contribution is -0.133. The predicted octanol–water partition coefficient (Wildman–Crippen LogP) is 2.14. The number of benzene rings is 2. The van der Waals surface area contributed by atoms with Crippen LogP contribution in [0.5, 0.6) is 23.0 Å². The van der Waals surface area contributed by atoms with E-state index in [0.29, 0.717) is 31.9 Å². The third-order valence-corrected chi connectivity index (χ3v) is 4.56. The van der Waals surface area contributed by atoms with Gasteiger partial charge in [-0.15, -0.1) is 0 Å². The Morgan fingerprint density at radius 3 is 2.26 bits per heavy atom. The van der Waals surface area contributed by atoms with Crippen LogP contribution in [0.1, 0.15) is 0 Å². The molecule has 0 radical (unpaired) electrons. The molecule has 1 amide bonds. The molecule has 0 saturated carbocycles. The Bertz CT molecular complexity index is 770. The smallest absolute Gasteiger partial charge is 0.260 e. The van der Waals surface area contributed by atoms with E-state index in [1.807, 2.05) is 18.2 Å². The molecule has 1 N–H and O–H groups in total. The van der Waals surface area contributed by atoms with E-state index in [-0.39, 0.29) is 18.3 Å². The number of methoxy groups -OCH3 is 2. The number of phenols is 1. The van der Waals surface area contributed by atoms with Crippen molar-refractivity contribution in [1.82, 2.24) is 4.90 Å². The normalized spacial score (nSPS) is 14.0. The first-order valence-corrected chi connectivity index (χ1v) is 8.77. The van der Waals surface area contributed by atoms with Crippen LogP contribution in [0.25, 0.3) is 0 Å². The van der Waals surface area contributed by atoms with Gasteiger partial charge in [0.1, 0.15) is 23.0 Å².